The van der Waals surface area contributed by atoms with E-state index in [4.69, 9.17) is 5.73 Å². The molecule has 1 saturated heterocycles. The minimum absolute atomic E-state index is 0.151. The number of primary amides is 1. The average molecular weight is 325 g/mol. The van der Waals surface area contributed by atoms with Gasteiger partial charge in [-0.25, -0.2) is 0 Å². The summed E-state index contributed by atoms with van der Waals surface area (Å²) in [7, 11) is 1.84. The van der Waals surface area contributed by atoms with Crippen LogP contribution in [0.5, 0.6) is 0 Å². The monoisotopic (exact) mass is 325 g/mol. The molecule has 1 aromatic heterocycles. The van der Waals surface area contributed by atoms with Gasteiger partial charge in [-0.2, -0.15) is 0 Å². The second-order valence-electron chi connectivity index (χ2n) is 5.80. The lowest BCUT2D eigenvalue weighted by atomic mass is 10.0. The fraction of sp³-hybridized carbons (Fsp3) is 0.714. The van der Waals surface area contributed by atoms with Crippen LogP contribution in [0.2, 0.25) is 0 Å². The maximum atomic E-state index is 12.2. The van der Waals surface area contributed by atoms with E-state index in [1.54, 1.807) is 0 Å². The number of carbonyl (C=O) groups excluding carboxylic acids is 2. The van der Waals surface area contributed by atoms with Crippen molar-refractivity contribution in [2.24, 2.45) is 18.7 Å². The van der Waals surface area contributed by atoms with E-state index < -0.39 is 0 Å². The van der Waals surface area contributed by atoms with E-state index in [-0.39, 0.29) is 18.2 Å². The molecule has 0 aromatic carbocycles. The summed E-state index contributed by atoms with van der Waals surface area (Å²) in [4.78, 5) is 25.0. The summed E-state index contributed by atoms with van der Waals surface area (Å²) in [5, 5.41) is 8.82. The number of aromatic nitrogens is 3. The fourth-order valence-corrected chi connectivity index (χ4v) is 3.39. The summed E-state index contributed by atoms with van der Waals surface area (Å²) in [5.41, 5.74) is 5.14. The highest BCUT2D eigenvalue weighted by atomic mass is 32.2. The molecule has 0 saturated carbocycles. The first kappa shape index (κ1) is 16.8. The molecule has 1 atom stereocenters. The van der Waals surface area contributed by atoms with Gasteiger partial charge in [0, 0.05) is 33.0 Å². The lowest BCUT2D eigenvalue weighted by Gasteiger charge is -2.30. The van der Waals surface area contributed by atoms with Crippen molar-refractivity contribution < 1.29 is 9.59 Å². The quantitative estimate of drug-likeness (QED) is 0.772. The minimum Gasteiger partial charge on any atom is -0.370 e. The number of rotatable bonds is 6. The zero-order valence-corrected chi connectivity index (χ0v) is 13.9. The Balaban J connectivity index is 1.86. The van der Waals surface area contributed by atoms with Gasteiger partial charge in [-0.3, -0.25) is 9.59 Å². The number of hydrogen-bond acceptors (Lipinski definition) is 5. The highest BCUT2D eigenvalue weighted by Crippen LogP contribution is 2.20. The van der Waals surface area contributed by atoms with Crippen LogP contribution in [0.4, 0.5) is 0 Å². The lowest BCUT2D eigenvalue weighted by molar-refractivity contribution is -0.130. The Morgan fingerprint density at radius 2 is 2.18 bits per heavy atom. The van der Waals surface area contributed by atoms with E-state index >= 15 is 0 Å². The molecule has 22 heavy (non-hydrogen) atoms. The van der Waals surface area contributed by atoms with Crippen LogP contribution in [-0.2, 0) is 23.1 Å². The predicted molar refractivity (Wildman–Crippen MR) is 84.2 cm³/mol. The van der Waals surface area contributed by atoms with E-state index in [2.05, 4.69) is 17.1 Å². The summed E-state index contributed by atoms with van der Waals surface area (Å²) < 4.78 is 1.82. The smallest absolute Gasteiger partial charge is 0.233 e. The van der Waals surface area contributed by atoms with Gasteiger partial charge in [0.25, 0.3) is 0 Å². The van der Waals surface area contributed by atoms with Crippen molar-refractivity contribution in [2.45, 2.75) is 37.8 Å². The maximum Gasteiger partial charge on any atom is 0.233 e. The third kappa shape index (κ3) is 4.46. The van der Waals surface area contributed by atoms with E-state index in [9.17, 15) is 9.59 Å². The van der Waals surface area contributed by atoms with Crippen LogP contribution in [0, 0.1) is 5.92 Å². The number of hydrogen-bond donors (Lipinski definition) is 1. The van der Waals surface area contributed by atoms with E-state index in [1.165, 1.54) is 18.2 Å². The standard InChI is InChI=1S/C14H23N5O2S/c1-10-4-3-7-19(8-10)13(21)9-22-14-17-16-12(18(14)2)6-5-11(15)20/h10H,3-9H2,1-2H3,(H2,15,20)/t10-/m1/s1. The fourth-order valence-electron chi connectivity index (χ4n) is 2.56. The number of nitrogens with two attached hydrogens (primary N) is 1. The van der Waals surface area contributed by atoms with Crippen molar-refractivity contribution in [3.05, 3.63) is 5.82 Å². The summed E-state index contributed by atoms with van der Waals surface area (Å²) in [5.74, 6) is 1.46. The third-order valence-electron chi connectivity index (χ3n) is 3.85. The Morgan fingerprint density at radius 3 is 2.86 bits per heavy atom. The summed E-state index contributed by atoms with van der Waals surface area (Å²) >= 11 is 1.39. The van der Waals surface area contributed by atoms with Crippen LogP contribution in [0.1, 0.15) is 32.0 Å². The molecular weight excluding hydrogens is 302 g/mol. The Labute approximate surface area is 134 Å². The largest absolute Gasteiger partial charge is 0.370 e. The molecule has 0 aliphatic carbocycles. The average Bonchev–Trinajstić information content (AvgIpc) is 2.83. The molecule has 1 aliphatic rings. The van der Waals surface area contributed by atoms with Gasteiger partial charge in [0.05, 0.1) is 5.75 Å². The number of thioether (sulfide) groups is 1. The first-order valence-corrected chi connectivity index (χ1v) is 8.53. The molecule has 0 bridgehead atoms. The molecule has 0 radical (unpaired) electrons. The van der Waals surface area contributed by atoms with Crippen LogP contribution in [-0.4, -0.2) is 50.3 Å². The molecule has 1 fully saturated rings. The van der Waals surface area contributed by atoms with Gasteiger partial charge in [-0.05, 0) is 18.8 Å². The van der Waals surface area contributed by atoms with Crippen molar-refractivity contribution in [3.8, 4) is 0 Å². The number of nitrogens with zero attached hydrogens (tertiary/aromatic N) is 4. The van der Waals surface area contributed by atoms with Crippen molar-refractivity contribution in [3.63, 3.8) is 0 Å². The van der Waals surface area contributed by atoms with Gasteiger partial charge in [-0.1, -0.05) is 18.7 Å². The zero-order chi connectivity index (χ0) is 16.1. The van der Waals surface area contributed by atoms with Gasteiger partial charge >= 0.3 is 0 Å². The van der Waals surface area contributed by atoms with Gasteiger partial charge < -0.3 is 15.2 Å². The molecule has 2 amide bonds. The van der Waals surface area contributed by atoms with Crippen LogP contribution < -0.4 is 5.73 Å². The van der Waals surface area contributed by atoms with Crippen LogP contribution in [0.25, 0.3) is 0 Å². The highest BCUT2D eigenvalue weighted by molar-refractivity contribution is 7.99. The Hall–Kier alpha value is -1.57. The maximum absolute atomic E-state index is 12.2. The summed E-state index contributed by atoms with van der Waals surface area (Å²) in [6.07, 6.45) is 3.00. The van der Waals surface area contributed by atoms with E-state index in [0.29, 0.717) is 29.1 Å². The van der Waals surface area contributed by atoms with Crippen LogP contribution in [0.15, 0.2) is 5.16 Å². The van der Waals surface area contributed by atoms with Gasteiger partial charge in [0.1, 0.15) is 5.82 Å². The van der Waals surface area contributed by atoms with Crippen LogP contribution >= 0.6 is 11.8 Å². The van der Waals surface area contributed by atoms with Crippen molar-refractivity contribution in [2.75, 3.05) is 18.8 Å². The Kier molecular flexibility index (Phi) is 5.82. The van der Waals surface area contributed by atoms with E-state index in [0.717, 1.165) is 19.5 Å². The number of carbonyl (C=O) groups is 2. The molecule has 122 valence electrons. The second-order valence-corrected chi connectivity index (χ2v) is 6.74. The van der Waals surface area contributed by atoms with Gasteiger partial charge in [0.15, 0.2) is 5.16 Å². The molecule has 2 heterocycles. The van der Waals surface area contributed by atoms with Gasteiger partial charge in [-0.15, -0.1) is 10.2 Å². The number of amides is 2. The number of likely N-dealkylation sites (tertiary alicyclic amines) is 1. The second kappa shape index (κ2) is 7.62. The van der Waals surface area contributed by atoms with Crippen molar-refractivity contribution in [1.29, 1.82) is 0 Å². The highest BCUT2D eigenvalue weighted by Gasteiger charge is 2.21. The molecule has 7 nitrogen and oxygen atoms in total. The van der Waals surface area contributed by atoms with Crippen molar-refractivity contribution in [1.82, 2.24) is 19.7 Å². The van der Waals surface area contributed by atoms with Crippen molar-refractivity contribution >= 4 is 23.6 Å². The topological polar surface area (TPSA) is 94.1 Å². The molecule has 8 heteroatoms. The molecule has 0 unspecified atom stereocenters. The number of aryl methyl sites for hydroxylation is 1. The molecule has 0 spiro atoms. The lowest BCUT2D eigenvalue weighted by Crippen LogP contribution is -2.40. The first-order chi connectivity index (χ1) is 10.5. The molecule has 2 N–H and O–H groups in total. The molecule has 2 rings (SSSR count). The normalized spacial score (nSPS) is 18.5. The van der Waals surface area contributed by atoms with Gasteiger partial charge in [0.2, 0.25) is 11.8 Å². The predicted octanol–water partition coefficient (Wildman–Crippen LogP) is 0.584. The molecular formula is C14H23N5O2S. The summed E-state index contributed by atoms with van der Waals surface area (Å²) in [6.45, 7) is 3.88. The SMILES string of the molecule is C[C@@H]1CCCN(C(=O)CSc2nnc(CCC(N)=O)n2C)C1. The third-order valence-corrected chi connectivity index (χ3v) is 4.86. The minimum atomic E-state index is -0.355. The molecule has 1 aromatic rings. The Morgan fingerprint density at radius 1 is 1.41 bits per heavy atom. The zero-order valence-electron chi connectivity index (χ0n) is 13.1. The first-order valence-electron chi connectivity index (χ1n) is 7.54. The van der Waals surface area contributed by atoms with E-state index in [1.807, 2.05) is 16.5 Å². The summed E-state index contributed by atoms with van der Waals surface area (Å²) in [6, 6.07) is 0. The Bertz CT molecular complexity index is 545. The van der Waals surface area contributed by atoms with Crippen LogP contribution in [0.3, 0.4) is 0 Å². The molecule has 1 aliphatic heterocycles. The number of piperidine rings is 1.